The van der Waals surface area contributed by atoms with Crippen LogP contribution in [0.15, 0.2) is 36.4 Å². The molecule has 0 amide bonds. The van der Waals surface area contributed by atoms with Gasteiger partial charge in [-0.15, -0.1) is 0 Å². The number of alkyl halides is 1. The number of halogens is 3. The molecule has 0 saturated carbocycles. The zero-order valence-electron chi connectivity index (χ0n) is 12.9. The molecule has 2 rings (SSSR count). The van der Waals surface area contributed by atoms with Gasteiger partial charge in [0.05, 0.1) is 22.1 Å². The fourth-order valence-electron chi connectivity index (χ4n) is 2.00. The summed E-state index contributed by atoms with van der Waals surface area (Å²) < 4.78 is 23.5. The van der Waals surface area contributed by atoms with Crippen molar-refractivity contribution in [3.05, 3.63) is 62.1 Å². The van der Waals surface area contributed by atoms with E-state index < -0.39 is 17.1 Å². The van der Waals surface area contributed by atoms with E-state index in [-0.39, 0.29) is 27.9 Å². The average molecular weight is 388 g/mol. The van der Waals surface area contributed by atoms with Crippen LogP contribution in [0.2, 0.25) is 10.0 Å². The first-order valence-electron chi connectivity index (χ1n) is 6.94. The van der Waals surface area contributed by atoms with Crippen molar-refractivity contribution in [3.8, 4) is 11.5 Å². The Morgan fingerprint density at radius 1 is 1.24 bits per heavy atom. The first-order valence-corrected chi connectivity index (χ1v) is 7.69. The molecule has 132 valence electrons. The van der Waals surface area contributed by atoms with Crippen molar-refractivity contribution in [2.45, 2.75) is 12.6 Å². The summed E-state index contributed by atoms with van der Waals surface area (Å²) in [5.74, 6) is -0.576. The standard InChI is InChI=1S/C16H12Cl2FNO5/c1-24-16(21)14(19)8-9-6-12(17)15(13(18)7-9)25-11-4-2-10(3-5-11)20(22)23/h2-7,14H,8H2,1H3. The Balaban J connectivity index is 2.19. The number of hydrogen-bond donors (Lipinski definition) is 0. The number of non-ortho nitro benzene ring substituents is 1. The molecule has 25 heavy (non-hydrogen) atoms. The molecule has 0 fully saturated rings. The minimum absolute atomic E-state index is 0.0864. The lowest BCUT2D eigenvalue weighted by Gasteiger charge is -2.12. The first kappa shape index (κ1) is 19.0. The molecule has 0 aliphatic heterocycles. The van der Waals surface area contributed by atoms with Crippen molar-refractivity contribution in [2.24, 2.45) is 0 Å². The predicted octanol–water partition coefficient (Wildman–Crippen LogP) is 4.75. The highest BCUT2D eigenvalue weighted by Crippen LogP contribution is 2.38. The lowest BCUT2D eigenvalue weighted by Crippen LogP contribution is -2.19. The van der Waals surface area contributed by atoms with Crippen LogP contribution in [0.5, 0.6) is 11.5 Å². The maximum absolute atomic E-state index is 13.6. The molecule has 0 heterocycles. The number of hydrogen-bond acceptors (Lipinski definition) is 5. The summed E-state index contributed by atoms with van der Waals surface area (Å²) in [6.07, 6.45) is -2.08. The maximum Gasteiger partial charge on any atom is 0.340 e. The largest absolute Gasteiger partial charge is 0.467 e. The van der Waals surface area contributed by atoms with E-state index in [9.17, 15) is 19.3 Å². The van der Waals surface area contributed by atoms with Crippen LogP contribution in [0.25, 0.3) is 0 Å². The van der Waals surface area contributed by atoms with Gasteiger partial charge in [0.25, 0.3) is 5.69 Å². The second-order valence-electron chi connectivity index (χ2n) is 4.94. The molecule has 0 aliphatic rings. The van der Waals surface area contributed by atoms with E-state index in [0.29, 0.717) is 11.3 Å². The summed E-state index contributed by atoms with van der Waals surface area (Å²) in [6, 6.07) is 8.18. The van der Waals surface area contributed by atoms with Crippen LogP contribution in [0.3, 0.4) is 0 Å². The summed E-state index contributed by atoms with van der Waals surface area (Å²) in [6.45, 7) is 0. The third kappa shape index (κ3) is 4.80. The van der Waals surface area contributed by atoms with Crippen molar-refractivity contribution < 1.29 is 23.6 Å². The quantitative estimate of drug-likeness (QED) is 0.406. The van der Waals surface area contributed by atoms with Gasteiger partial charge in [0.1, 0.15) is 5.75 Å². The van der Waals surface area contributed by atoms with E-state index in [2.05, 4.69) is 4.74 Å². The highest BCUT2D eigenvalue weighted by atomic mass is 35.5. The van der Waals surface area contributed by atoms with Crippen LogP contribution < -0.4 is 4.74 Å². The topological polar surface area (TPSA) is 78.7 Å². The summed E-state index contributed by atoms with van der Waals surface area (Å²) in [5, 5.41) is 10.9. The van der Waals surface area contributed by atoms with Gasteiger partial charge in [-0.2, -0.15) is 0 Å². The molecule has 6 nitrogen and oxygen atoms in total. The third-order valence-corrected chi connectivity index (χ3v) is 3.76. The number of methoxy groups -OCH3 is 1. The second kappa shape index (κ2) is 8.13. The zero-order valence-corrected chi connectivity index (χ0v) is 14.4. The van der Waals surface area contributed by atoms with Crippen LogP contribution in [-0.4, -0.2) is 24.2 Å². The van der Waals surface area contributed by atoms with Crippen molar-refractivity contribution in [1.82, 2.24) is 0 Å². The van der Waals surface area contributed by atoms with Crippen molar-refractivity contribution in [2.75, 3.05) is 7.11 Å². The molecule has 0 saturated heterocycles. The number of carbonyl (C=O) groups excluding carboxylic acids is 1. The molecule has 0 radical (unpaired) electrons. The summed E-state index contributed by atoms with van der Waals surface area (Å²) >= 11 is 12.2. The number of rotatable bonds is 6. The normalized spacial score (nSPS) is 11.7. The van der Waals surface area contributed by atoms with Gasteiger partial charge >= 0.3 is 5.97 Å². The molecule has 0 spiro atoms. The summed E-state index contributed by atoms with van der Waals surface area (Å²) in [7, 11) is 1.09. The van der Waals surface area contributed by atoms with Gasteiger partial charge < -0.3 is 9.47 Å². The molecule has 1 unspecified atom stereocenters. The van der Waals surface area contributed by atoms with Crippen LogP contribution in [0.4, 0.5) is 10.1 Å². The number of nitrogens with zero attached hydrogens (tertiary/aromatic N) is 1. The molecule has 0 N–H and O–H groups in total. The van der Waals surface area contributed by atoms with Crippen molar-refractivity contribution >= 4 is 34.9 Å². The van der Waals surface area contributed by atoms with E-state index in [1.54, 1.807) is 0 Å². The van der Waals surface area contributed by atoms with Gasteiger partial charge in [0.2, 0.25) is 6.17 Å². The van der Waals surface area contributed by atoms with E-state index in [4.69, 9.17) is 27.9 Å². The van der Waals surface area contributed by atoms with E-state index in [1.165, 1.54) is 36.4 Å². The van der Waals surface area contributed by atoms with Gasteiger partial charge in [-0.1, -0.05) is 23.2 Å². The molecule has 1 atom stereocenters. The molecule has 9 heteroatoms. The monoisotopic (exact) mass is 387 g/mol. The van der Waals surface area contributed by atoms with E-state index >= 15 is 0 Å². The fourth-order valence-corrected chi connectivity index (χ4v) is 2.61. The Morgan fingerprint density at radius 3 is 2.28 bits per heavy atom. The molecule has 2 aromatic carbocycles. The smallest absolute Gasteiger partial charge is 0.340 e. The predicted molar refractivity (Wildman–Crippen MR) is 90.2 cm³/mol. The van der Waals surface area contributed by atoms with Crippen LogP contribution in [0.1, 0.15) is 5.56 Å². The number of nitro groups is 1. The Hall–Kier alpha value is -2.38. The third-order valence-electron chi connectivity index (χ3n) is 3.20. The Labute approximate surface area is 152 Å². The zero-order chi connectivity index (χ0) is 18.6. The van der Waals surface area contributed by atoms with Gasteiger partial charge in [0, 0.05) is 18.6 Å². The SMILES string of the molecule is COC(=O)C(F)Cc1cc(Cl)c(Oc2ccc([N+](=O)[O-])cc2)c(Cl)c1. The van der Waals surface area contributed by atoms with Crippen LogP contribution >= 0.6 is 23.2 Å². The minimum Gasteiger partial charge on any atom is -0.467 e. The summed E-state index contributed by atoms with van der Waals surface area (Å²) in [4.78, 5) is 21.2. The fraction of sp³-hybridized carbons (Fsp3) is 0.188. The highest BCUT2D eigenvalue weighted by Gasteiger charge is 2.20. The number of carbonyl (C=O) groups is 1. The van der Waals surface area contributed by atoms with Gasteiger partial charge in [-0.3, -0.25) is 10.1 Å². The number of esters is 1. The lowest BCUT2D eigenvalue weighted by atomic mass is 10.1. The van der Waals surface area contributed by atoms with Gasteiger partial charge in [-0.25, -0.2) is 9.18 Å². The van der Waals surface area contributed by atoms with Gasteiger partial charge in [-0.05, 0) is 29.8 Å². The van der Waals surface area contributed by atoms with E-state index in [0.717, 1.165) is 7.11 Å². The summed E-state index contributed by atoms with van der Waals surface area (Å²) in [5.41, 5.74) is 0.306. The molecule has 2 aromatic rings. The minimum atomic E-state index is -1.83. The number of ether oxygens (including phenoxy) is 2. The van der Waals surface area contributed by atoms with Crippen LogP contribution in [-0.2, 0) is 16.0 Å². The number of benzene rings is 2. The lowest BCUT2D eigenvalue weighted by molar-refractivity contribution is -0.384. The van der Waals surface area contributed by atoms with Crippen molar-refractivity contribution in [1.29, 1.82) is 0 Å². The molecule has 0 aliphatic carbocycles. The van der Waals surface area contributed by atoms with Crippen molar-refractivity contribution in [3.63, 3.8) is 0 Å². The van der Waals surface area contributed by atoms with Gasteiger partial charge in [0.15, 0.2) is 5.75 Å². The van der Waals surface area contributed by atoms with E-state index in [1.807, 2.05) is 0 Å². The second-order valence-corrected chi connectivity index (χ2v) is 5.75. The Morgan fingerprint density at radius 2 is 1.80 bits per heavy atom. The molecular formula is C16H12Cl2FNO5. The Bertz CT molecular complexity index is 775. The maximum atomic E-state index is 13.6. The average Bonchev–Trinajstić information content (AvgIpc) is 2.57. The molecular weight excluding hydrogens is 376 g/mol. The first-order chi connectivity index (χ1) is 11.8. The highest BCUT2D eigenvalue weighted by molar-refractivity contribution is 6.37. The van der Waals surface area contributed by atoms with Crippen LogP contribution in [0, 0.1) is 10.1 Å². The molecule has 0 bridgehead atoms. The number of nitro benzene ring substituents is 1. The molecule has 0 aromatic heterocycles. The Kier molecular flexibility index (Phi) is 6.17.